The molecule has 4 nitrogen and oxygen atoms in total. The molecule has 0 atom stereocenters. The van der Waals surface area contributed by atoms with Crippen molar-refractivity contribution >= 4 is 27.9 Å². The van der Waals surface area contributed by atoms with Gasteiger partial charge in [0.2, 0.25) is 5.75 Å². The first kappa shape index (κ1) is 8.52. The van der Waals surface area contributed by atoms with Gasteiger partial charge in [0, 0.05) is 6.20 Å². The zero-order valence-electron chi connectivity index (χ0n) is 6.61. The van der Waals surface area contributed by atoms with Crippen molar-refractivity contribution in [3.63, 3.8) is 0 Å². The first-order valence-electron chi connectivity index (χ1n) is 3.47. The van der Waals surface area contributed by atoms with Crippen LogP contribution in [0.3, 0.4) is 0 Å². The SMILES string of the molecule is Cc1nc2sc(Cl)cn2c(=O)c1O. The molecule has 0 unspecified atom stereocenters. The number of nitrogens with zero attached hydrogens (tertiary/aromatic N) is 2. The molecule has 0 radical (unpaired) electrons. The maximum absolute atomic E-state index is 11.4. The molecule has 0 aliphatic rings. The van der Waals surface area contributed by atoms with Crippen LogP contribution in [0, 0.1) is 6.92 Å². The average molecular weight is 217 g/mol. The molecule has 2 heterocycles. The minimum atomic E-state index is -0.481. The van der Waals surface area contributed by atoms with E-state index in [1.165, 1.54) is 21.9 Å². The first-order valence-corrected chi connectivity index (χ1v) is 4.66. The zero-order valence-corrected chi connectivity index (χ0v) is 8.19. The van der Waals surface area contributed by atoms with Gasteiger partial charge in [0.15, 0.2) is 4.96 Å². The normalized spacial score (nSPS) is 10.9. The highest BCUT2D eigenvalue weighted by Gasteiger charge is 2.09. The molecule has 0 fully saturated rings. The molecule has 0 saturated heterocycles. The third-order valence-electron chi connectivity index (χ3n) is 1.65. The predicted octanol–water partition coefficient (Wildman–Crippen LogP) is 1.42. The van der Waals surface area contributed by atoms with Crippen LogP contribution in [0.4, 0.5) is 0 Å². The molecule has 6 heteroatoms. The smallest absolute Gasteiger partial charge is 0.301 e. The van der Waals surface area contributed by atoms with Gasteiger partial charge in [0.1, 0.15) is 4.34 Å². The van der Waals surface area contributed by atoms with Gasteiger partial charge in [-0.05, 0) is 6.92 Å². The lowest BCUT2D eigenvalue weighted by atomic mass is 10.4. The Hall–Kier alpha value is -1.07. The molecule has 2 rings (SSSR count). The highest BCUT2D eigenvalue weighted by molar-refractivity contribution is 7.20. The number of hydrogen-bond donors (Lipinski definition) is 1. The molecule has 0 aliphatic carbocycles. The third kappa shape index (κ3) is 1.20. The van der Waals surface area contributed by atoms with E-state index in [1.54, 1.807) is 6.92 Å². The van der Waals surface area contributed by atoms with E-state index in [-0.39, 0.29) is 5.75 Å². The summed E-state index contributed by atoms with van der Waals surface area (Å²) < 4.78 is 1.70. The van der Waals surface area contributed by atoms with E-state index in [0.29, 0.717) is 15.0 Å². The van der Waals surface area contributed by atoms with E-state index in [2.05, 4.69) is 4.98 Å². The number of aromatic nitrogens is 2. The topological polar surface area (TPSA) is 54.6 Å². The third-order valence-corrected chi connectivity index (χ3v) is 2.75. The second-order valence-corrected chi connectivity index (χ2v) is 4.18. The summed E-state index contributed by atoms with van der Waals surface area (Å²) in [4.78, 5) is 15.9. The van der Waals surface area contributed by atoms with Gasteiger partial charge in [-0.1, -0.05) is 22.9 Å². The molecule has 0 saturated carbocycles. The van der Waals surface area contributed by atoms with E-state index in [9.17, 15) is 9.90 Å². The molecule has 0 aliphatic heterocycles. The molecule has 0 bridgehead atoms. The molecule has 0 spiro atoms. The summed E-state index contributed by atoms with van der Waals surface area (Å²) in [5.74, 6) is -0.327. The van der Waals surface area contributed by atoms with Crippen LogP contribution >= 0.6 is 22.9 Å². The average Bonchev–Trinajstić information content (AvgIpc) is 2.42. The van der Waals surface area contributed by atoms with E-state index in [0.717, 1.165) is 0 Å². The quantitative estimate of drug-likeness (QED) is 0.725. The Morgan fingerprint density at radius 1 is 1.69 bits per heavy atom. The number of aromatic hydroxyl groups is 1. The van der Waals surface area contributed by atoms with E-state index < -0.39 is 5.56 Å². The van der Waals surface area contributed by atoms with Gasteiger partial charge in [-0.15, -0.1) is 0 Å². The number of fused-ring (bicyclic) bond motifs is 1. The van der Waals surface area contributed by atoms with Gasteiger partial charge < -0.3 is 5.11 Å². The van der Waals surface area contributed by atoms with E-state index in [4.69, 9.17) is 11.6 Å². The summed E-state index contributed by atoms with van der Waals surface area (Å²) in [7, 11) is 0. The monoisotopic (exact) mass is 216 g/mol. The highest BCUT2D eigenvalue weighted by Crippen LogP contribution is 2.21. The van der Waals surface area contributed by atoms with Crippen LogP contribution in [-0.4, -0.2) is 14.5 Å². The van der Waals surface area contributed by atoms with E-state index in [1.807, 2.05) is 0 Å². The van der Waals surface area contributed by atoms with Crippen LogP contribution in [-0.2, 0) is 0 Å². The Labute approximate surface area is 82.0 Å². The standard InChI is InChI=1S/C7H5ClN2O2S/c1-3-5(11)6(12)10-2-4(8)13-7(10)9-3/h2,11H,1H3. The summed E-state index contributed by atoms with van der Waals surface area (Å²) in [6.07, 6.45) is 1.44. The Balaban J connectivity index is 3.01. The van der Waals surface area contributed by atoms with Crippen LogP contribution in [0.25, 0.3) is 4.96 Å². The minimum absolute atomic E-state index is 0.323. The Morgan fingerprint density at radius 2 is 2.38 bits per heavy atom. The number of thiazole rings is 1. The maximum Gasteiger partial charge on any atom is 0.301 e. The van der Waals surface area contributed by atoms with Crippen LogP contribution < -0.4 is 5.56 Å². The largest absolute Gasteiger partial charge is 0.502 e. The van der Waals surface area contributed by atoms with Crippen molar-refractivity contribution in [2.45, 2.75) is 6.92 Å². The molecule has 0 amide bonds. The van der Waals surface area contributed by atoms with Crippen molar-refractivity contribution in [3.05, 3.63) is 26.6 Å². The summed E-state index contributed by atoms with van der Waals surface area (Å²) in [6.45, 7) is 1.57. The lowest BCUT2D eigenvalue weighted by molar-refractivity contribution is 0.457. The zero-order chi connectivity index (χ0) is 9.59. The number of aryl methyl sites for hydroxylation is 1. The lowest BCUT2D eigenvalue weighted by Crippen LogP contribution is -2.12. The van der Waals surface area contributed by atoms with Gasteiger partial charge in [0.25, 0.3) is 0 Å². The summed E-state index contributed by atoms with van der Waals surface area (Å²) in [5, 5.41) is 9.28. The fourth-order valence-electron chi connectivity index (χ4n) is 1.01. The minimum Gasteiger partial charge on any atom is -0.502 e. The van der Waals surface area contributed by atoms with Crippen molar-refractivity contribution in [3.8, 4) is 5.75 Å². The van der Waals surface area contributed by atoms with Gasteiger partial charge in [-0.25, -0.2) is 4.98 Å². The summed E-state index contributed by atoms with van der Waals surface area (Å²) in [6, 6.07) is 0. The van der Waals surface area contributed by atoms with Crippen molar-refractivity contribution in [1.29, 1.82) is 0 Å². The highest BCUT2D eigenvalue weighted by atomic mass is 35.5. The molecule has 2 aromatic heterocycles. The van der Waals surface area contributed by atoms with Crippen LogP contribution in [0.2, 0.25) is 4.34 Å². The fourth-order valence-corrected chi connectivity index (χ4v) is 2.06. The lowest BCUT2D eigenvalue weighted by Gasteiger charge is -1.96. The Kier molecular flexibility index (Phi) is 1.78. The Bertz CT molecular complexity index is 531. The molecule has 13 heavy (non-hydrogen) atoms. The van der Waals surface area contributed by atoms with Gasteiger partial charge >= 0.3 is 5.56 Å². The fraction of sp³-hybridized carbons (Fsp3) is 0.143. The van der Waals surface area contributed by atoms with Crippen molar-refractivity contribution in [2.24, 2.45) is 0 Å². The molecule has 1 N–H and O–H groups in total. The van der Waals surface area contributed by atoms with E-state index >= 15 is 0 Å². The molecular formula is C7H5ClN2O2S. The van der Waals surface area contributed by atoms with Crippen molar-refractivity contribution in [2.75, 3.05) is 0 Å². The van der Waals surface area contributed by atoms with Gasteiger partial charge in [0.05, 0.1) is 5.69 Å². The van der Waals surface area contributed by atoms with Crippen LogP contribution in [0.1, 0.15) is 5.69 Å². The summed E-state index contributed by atoms with van der Waals surface area (Å²) in [5.41, 5.74) is -0.158. The van der Waals surface area contributed by atoms with Gasteiger partial charge in [-0.2, -0.15) is 0 Å². The number of halogens is 1. The second kappa shape index (κ2) is 2.71. The maximum atomic E-state index is 11.4. The molecule has 0 aromatic carbocycles. The van der Waals surface area contributed by atoms with Crippen LogP contribution in [0.15, 0.2) is 11.0 Å². The molecular weight excluding hydrogens is 212 g/mol. The number of hydrogen-bond acceptors (Lipinski definition) is 4. The first-order chi connectivity index (χ1) is 6.09. The van der Waals surface area contributed by atoms with Crippen molar-refractivity contribution in [1.82, 2.24) is 9.38 Å². The molecule has 68 valence electrons. The van der Waals surface area contributed by atoms with Gasteiger partial charge in [-0.3, -0.25) is 9.20 Å². The number of rotatable bonds is 0. The van der Waals surface area contributed by atoms with Crippen LogP contribution in [0.5, 0.6) is 5.75 Å². The summed E-state index contributed by atoms with van der Waals surface area (Å²) >= 11 is 6.89. The van der Waals surface area contributed by atoms with Crippen molar-refractivity contribution < 1.29 is 5.11 Å². The second-order valence-electron chi connectivity index (χ2n) is 2.54. The predicted molar refractivity (Wildman–Crippen MR) is 50.8 cm³/mol. The molecule has 2 aromatic rings. The Morgan fingerprint density at radius 3 is 3.08 bits per heavy atom.